The van der Waals surface area contributed by atoms with E-state index in [-0.39, 0.29) is 0 Å². The lowest BCUT2D eigenvalue weighted by atomic mass is 9.94. The second-order valence-electron chi connectivity index (χ2n) is 4.97. The maximum Gasteiger partial charge on any atom is 0.00727 e. The number of hydrogen-bond acceptors (Lipinski definition) is 3. The molecule has 0 saturated carbocycles. The van der Waals surface area contributed by atoms with Gasteiger partial charge < -0.3 is 10.6 Å². The summed E-state index contributed by atoms with van der Waals surface area (Å²) in [6, 6.07) is 0. The first-order chi connectivity index (χ1) is 7.22. The second kappa shape index (κ2) is 7.53. The number of nitrogens with zero attached hydrogens (tertiary/aromatic N) is 1. The van der Waals surface area contributed by atoms with E-state index in [9.17, 15) is 0 Å². The molecule has 1 unspecified atom stereocenters. The molecule has 1 rings (SSSR count). The Morgan fingerprint density at radius 2 is 1.93 bits per heavy atom. The van der Waals surface area contributed by atoms with E-state index in [0.29, 0.717) is 0 Å². The normalized spacial score (nSPS) is 20.8. The summed E-state index contributed by atoms with van der Waals surface area (Å²) in [6.45, 7) is 9.27. The summed E-state index contributed by atoms with van der Waals surface area (Å²) >= 11 is 2.08. The van der Waals surface area contributed by atoms with Crippen molar-refractivity contribution in [1.82, 2.24) is 4.90 Å². The summed E-state index contributed by atoms with van der Waals surface area (Å²) < 4.78 is 0. The van der Waals surface area contributed by atoms with Crippen molar-refractivity contribution in [2.75, 3.05) is 37.7 Å². The Labute approximate surface area is 99.0 Å². The van der Waals surface area contributed by atoms with Gasteiger partial charge in [-0.15, -0.1) is 0 Å². The van der Waals surface area contributed by atoms with Gasteiger partial charge in [-0.1, -0.05) is 13.8 Å². The highest BCUT2D eigenvalue weighted by molar-refractivity contribution is 7.99. The van der Waals surface area contributed by atoms with Gasteiger partial charge in [0.25, 0.3) is 0 Å². The molecule has 0 aromatic heterocycles. The van der Waals surface area contributed by atoms with Crippen molar-refractivity contribution in [3.8, 4) is 0 Å². The Kier molecular flexibility index (Phi) is 6.69. The maximum atomic E-state index is 5.81. The molecule has 0 amide bonds. The minimum absolute atomic E-state index is 0.736. The van der Waals surface area contributed by atoms with Gasteiger partial charge in [0.1, 0.15) is 0 Å². The van der Waals surface area contributed by atoms with E-state index in [1.54, 1.807) is 0 Å². The Bertz CT molecular complexity index is 156. The van der Waals surface area contributed by atoms with Crippen LogP contribution in [-0.4, -0.2) is 42.6 Å². The summed E-state index contributed by atoms with van der Waals surface area (Å²) in [5, 5.41) is 0. The van der Waals surface area contributed by atoms with Crippen LogP contribution >= 0.6 is 11.8 Å². The SMILES string of the molecule is CC(C)CC(CN)CCN1CCSCC1. The molecule has 0 bridgehead atoms. The van der Waals surface area contributed by atoms with Crippen molar-refractivity contribution in [3.63, 3.8) is 0 Å². The summed E-state index contributed by atoms with van der Waals surface area (Å²) in [6.07, 6.45) is 2.58. The lowest BCUT2D eigenvalue weighted by molar-refractivity contribution is 0.263. The molecule has 3 heteroatoms. The second-order valence-corrected chi connectivity index (χ2v) is 6.20. The summed E-state index contributed by atoms with van der Waals surface area (Å²) in [5.41, 5.74) is 5.81. The quantitative estimate of drug-likeness (QED) is 0.757. The van der Waals surface area contributed by atoms with Gasteiger partial charge in [0.15, 0.2) is 0 Å². The van der Waals surface area contributed by atoms with Crippen LogP contribution in [-0.2, 0) is 0 Å². The zero-order chi connectivity index (χ0) is 11.1. The zero-order valence-electron chi connectivity index (χ0n) is 10.2. The molecule has 0 aromatic carbocycles. The van der Waals surface area contributed by atoms with E-state index in [1.807, 2.05) is 0 Å². The fraction of sp³-hybridized carbons (Fsp3) is 1.00. The molecule has 0 spiro atoms. The fourth-order valence-corrected chi connectivity index (χ4v) is 3.17. The molecule has 0 aromatic rings. The van der Waals surface area contributed by atoms with E-state index < -0.39 is 0 Å². The van der Waals surface area contributed by atoms with Crippen molar-refractivity contribution in [2.24, 2.45) is 17.6 Å². The van der Waals surface area contributed by atoms with Crippen LogP contribution in [0.3, 0.4) is 0 Å². The minimum Gasteiger partial charge on any atom is -0.330 e. The summed E-state index contributed by atoms with van der Waals surface area (Å²) in [7, 11) is 0. The highest BCUT2D eigenvalue weighted by Gasteiger charge is 2.14. The van der Waals surface area contributed by atoms with E-state index in [2.05, 4.69) is 30.5 Å². The summed E-state index contributed by atoms with van der Waals surface area (Å²) in [4.78, 5) is 2.60. The molecule has 15 heavy (non-hydrogen) atoms. The molecule has 1 aliphatic heterocycles. The Balaban J connectivity index is 2.14. The van der Waals surface area contributed by atoms with Crippen LogP contribution in [0.2, 0.25) is 0 Å². The molecule has 2 nitrogen and oxygen atoms in total. The average molecular weight is 230 g/mol. The van der Waals surface area contributed by atoms with Gasteiger partial charge in [-0.3, -0.25) is 0 Å². The van der Waals surface area contributed by atoms with E-state index >= 15 is 0 Å². The number of nitrogens with two attached hydrogens (primary N) is 1. The van der Waals surface area contributed by atoms with Crippen molar-refractivity contribution >= 4 is 11.8 Å². The molecule has 1 heterocycles. The highest BCUT2D eigenvalue weighted by Crippen LogP contribution is 2.16. The highest BCUT2D eigenvalue weighted by atomic mass is 32.2. The molecule has 1 fully saturated rings. The first kappa shape index (κ1) is 13.3. The lowest BCUT2D eigenvalue weighted by Crippen LogP contribution is -2.35. The first-order valence-electron chi connectivity index (χ1n) is 6.22. The van der Waals surface area contributed by atoms with Gasteiger partial charge in [0, 0.05) is 24.6 Å². The molecule has 1 saturated heterocycles. The van der Waals surface area contributed by atoms with Gasteiger partial charge in [0.2, 0.25) is 0 Å². The third kappa shape index (κ3) is 5.79. The third-order valence-corrected chi connectivity index (χ3v) is 4.04. The van der Waals surface area contributed by atoms with E-state index in [1.165, 1.54) is 44.0 Å². The van der Waals surface area contributed by atoms with Gasteiger partial charge >= 0.3 is 0 Å². The van der Waals surface area contributed by atoms with Crippen LogP contribution < -0.4 is 5.73 Å². The number of hydrogen-bond donors (Lipinski definition) is 1. The average Bonchev–Trinajstić information content (AvgIpc) is 2.25. The predicted octanol–water partition coefficient (Wildman–Crippen LogP) is 2.05. The van der Waals surface area contributed by atoms with E-state index in [0.717, 1.165) is 18.4 Å². The largest absolute Gasteiger partial charge is 0.330 e. The van der Waals surface area contributed by atoms with Crippen LogP contribution in [0.25, 0.3) is 0 Å². The van der Waals surface area contributed by atoms with Gasteiger partial charge in [-0.25, -0.2) is 0 Å². The topological polar surface area (TPSA) is 29.3 Å². The molecular weight excluding hydrogens is 204 g/mol. The molecule has 1 atom stereocenters. The third-order valence-electron chi connectivity index (χ3n) is 3.10. The molecule has 0 radical (unpaired) electrons. The molecule has 1 aliphatic rings. The fourth-order valence-electron chi connectivity index (χ4n) is 2.19. The molecule has 0 aliphatic carbocycles. The Morgan fingerprint density at radius 3 is 2.47 bits per heavy atom. The predicted molar refractivity (Wildman–Crippen MR) is 70.4 cm³/mol. The number of thioether (sulfide) groups is 1. The lowest BCUT2D eigenvalue weighted by Gasteiger charge is -2.28. The molecular formula is C12H26N2S. The van der Waals surface area contributed by atoms with Crippen LogP contribution in [0.4, 0.5) is 0 Å². The van der Waals surface area contributed by atoms with Crippen molar-refractivity contribution in [2.45, 2.75) is 26.7 Å². The van der Waals surface area contributed by atoms with Crippen molar-refractivity contribution in [3.05, 3.63) is 0 Å². The molecule has 2 N–H and O–H groups in total. The van der Waals surface area contributed by atoms with Crippen LogP contribution in [0.15, 0.2) is 0 Å². The standard InChI is InChI=1S/C12H26N2S/c1-11(2)9-12(10-13)3-4-14-5-7-15-8-6-14/h11-12H,3-10,13H2,1-2H3. The van der Waals surface area contributed by atoms with E-state index in [4.69, 9.17) is 5.73 Å². The van der Waals surface area contributed by atoms with Crippen LogP contribution in [0, 0.1) is 11.8 Å². The number of rotatable bonds is 6. The Morgan fingerprint density at radius 1 is 1.27 bits per heavy atom. The Hall–Kier alpha value is 0.270. The van der Waals surface area contributed by atoms with Crippen molar-refractivity contribution < 1.29 is 0 Å². The van der Waals surface area contributed by atoms with Gasteiger partial charge in [-0.05, 0) is 37.8 Å². The van der Waals surface area contributed by atoms with Crippen LogP contribution in [0.5, 0.6) is 0 Å². The summed E-state index contributed by atoms with van der Waals surface area (Å²) in [5.74, 6) is 4.16. The minimum atomic E-state index is 0.736. The van der Waals surface area contributed by atoms with Crippen molar-refractivity contribution in [1.29, 1.82) is 0 Å². The van der Waals surface area contributed by atoms with Gasteiger partial charge in [-0.2, -0.15) is 11.8 Å². The smallest absolute Gasteiger partial charge is 0.00727 e. The first-order valence-corrected chi connectivity index (χ1v) is 7.38. The zero-order valence-corrected chi connectivity index (χ0v) is 11.1. The molecule has 90 valence electrons. The van der Waals surface area contributed by atoms with Gasteiger partial charge in [0.05, 0.1) is 0 Å². The monoisotopic (exact) mass is 230 g/mol. The maximum absolute atomic E-state index is 5.81. The van der Waals surface area contributed by atoms with Crippen LogP contribution in [0.1, 0.15) is 26.7 Å².